The molecule has 2 fully saturated rings. The lowest BCUT2D eigenvalue weighted by Crippen LogP contribution is -2.39. The molecule has 4 heteroatoms. The Hall–Kier alpha value is -1.72. The van der Waals surface area contributed by atoms with Gasteiger partial charge in [0.25, 0.3) is 0 Å². The van der Waals surface area contributed by atoms with Crippen LogP contribution in [0.25, 0.3) is 0 Å². The van der Waals surface area contributed by atoms with Crippen LogP contribution in [0.5, 0.6) is 5.75 Å². The molecule has 2 nitrogen and oxygen atoms in total. The molecule has 0 radical (unpaired) electrons. The molecule has 3 heterocycles. The van der Waals surface area contributed by atoms with E-state index in [-0.39, 0.29) is 16.1 Å². The van der Waals surface area contributed by atoms with Crippen LogP contribution in [-0.4, -0.2) is 23.3 Å². The fraction of sp³-hybridized carbons (Fsp3) is 0.333. The molecule has 1 unspecified atom stereocenters. The second-order valence-electron chi connectivity index (χ2n) is 8.83. The maximum absolute atomic E-state index is 6.22. The number of para-hydroxylation sites is 1. The second kappa shape index (κ2) is 8.67. The largest absolute Gasteiger partial charge is 0.492 e. The van der Waals surface area contributed by atoms with Crippen LogP contribution in [-0.2, 0) is 0 Å². The minimum Gasteiger partial charge on any atom is -0.492 e. The molecule has 3 aliphatic heterocycles. The van der Waals surface area contributed by atoms with E-state index in [1.807, 2.05) is 0 Å². The maximum atomic E-state index is 6.22. The molecular formula is C27H29NOP2. The van der Waals surface area contributed by atoms with Crippen molar-refractivity contribution in [2.45, 2.75) is 42.7 Å². The van der Waals surface area contributed by atoms with E-state index in [9.17, 15) is 0 Å². The number of fused-ring (bicyclic) bond motifs is 3. The van der Waals surface area contributed by atoms with Crippen LogP contribution < -0.4 is 10.0 Å². The van der Waals surface area contributed by atoms with Crippen molar-refractivity contribution >= 4 is 21.4 Å². The molecule has 0 amide bonds. The average Bonchev–Trinajstić information content (AvgIpc) is 3.30. The molecular weight excluding hydrogens is 416 g/mol. The van der Waals surface area contributed by atoms with Gasteiger partial charge in [0.15, 0.2) is 0 Å². The van der Waals surface area contributed by atoms with E-state index in [1.54, 1.807) is 11.1 Å². The fourth-order valence-corrected chi connectivity index (χ4v) is 13.9. The third-order valence-corrected chi connectivity index (χ3v) is 14.0. The molecule has 0 bridgehead atoms. The van der Waals surface area contributed by atoms with Gasteiger partial charge in [0.2, 0.25) is 0 Å². The first kappa shape index (κ1) is 19.9. The quantitative estimate of drug-likeness (QED) is 0.394. The van der Waals surface area contributed by atoms with E-state index in [2.05, 4.69) is 89.4 Å². The number of nitrogens with zero attached hydrogens (tertiary/aromatic N) is 1. The zero-order chi connectivity index (χ0) is 20.6. The first-order valence-corrected chi connectivity index (χ1v) is 14.4. The Morgan fingerprint density at radius 2 is 1.32 bits per heavy atom. The summed E-state index contributed by atoms with van der Waals surface area (Å²) in [4.78, 5) is 0. The Bertz CT molecular complexity index is 980. The number of hydrogen-bond acceptors (Lipinski definition) is 2. The first-order valence-electron chi connectivity index (χ1n) is 11.6. The maximum Gasteiger partial charge on any atom is 0.128 e. The highest BCUT2D eigenvalue weighted by molar-refractivity contribution is 7.75. The van der Waals surface area contributed by atoms with Crippen molar-refractivity contribution in [2.24, 2.45) is 0 Å². The molecule has 3 aromatic rings. The van der Waals surface area contributed by atoms with Gasteiger partial charge in [-0.05, 0) is 57.0 Å². The van der Waals surface area contributed by atoms with E-state index in [4.69, 9.17) is 4.74 Å². The Morgan fingerprint density at radius 1 is 0.710 bits per heavy atom. The van der Waals surface area contributed by atoms with Gasteiger partial charge >= 0.3 is 0 Å². The van der Waals surface area contributed by atoms with Crippen LogP contribution in [0.1, 0.15) is 48.1 Å². The molecule has 0 spiro atoms. The fourth-order valence-electron chi connectivity index (χ4n) is 5.65. The predicted octanol–water partition coefficient (Wildman–Crippen LogP) is 7.24. The minimum atomic E-state index is -0.333. The van der Waals surface area contributed by atoms with E-state index >= 15 is 0 Å². The van der Waals surface area contributed by atoms with Gasteiger partial charge in [-0.3, -0.25) is 4.44 Å². The lowest BCUT2D eigenvalue weighted by Gasteiger charge is -2.49. The van der Waals surface area contributed by atoms with E-state index in [1.165, 1.54) is 37.5 Å². The molecule has 3 aliphatic rings. The molecule has 2 saturated heterocycles. The van der Waals surface area contributed by atoms with E-state index in [0.717, 1.165) is 12.4 Å². The number of benzene rings is 3. The van der Waals surface area contributed by atoms with Crippen LogP contribution in [0.3, 0.4) is 0 Å². The Morgan fingerprint density at radius 3 is 2.00 bits per heavy atom. The van der Waals surface area contributed by atoms with Crippen molar-refractivity contribution in [1.82, 2.24) is 4.44 Å². The summed E-state index contributed by atoms with van der Waals surface area (Å²) in [6.45, 7) is 2.14. The van der Waals surface area contributed by atoms with Crippen molar-refractivity contribution in [2.75, 3.05) is 13.2 Å². The zero-order valence-electron chi connectivity index (χ0n) is 17.8. The van der Waals surface area contributed by atoms with Crippen LogP contribution in [0, 0.1) is 0 Å². The van der Waals surface area contributed by atoms with Gasteiger partial charge in [-0.25, -0.2) is 0 Å². The summed E-state index contributed by atoms with van der Waals surface area (Å²) in [7, 11) is -0.638. The lowest BCUT2D eigenvalue weighted by atomic mass is 10.0. The molecule has 0 saturated carbocycles. The highest BCUT2D eigenvalue weighted by Gasteiger charge is 2.48. The lowest BCUT2D eigenvalue weighted by molar-refractivity contribution is 0.297. The standard InChI is InChI=1S/C27H29NOP2/c1-3-10-21(11-4-1)25-17-18-26(22-12-5-2-6-13-22)31(25)28-19-9-14-23-20-29-24-15-7-8-16-27(24)30(23)28/h1-8,10-13,15-16,23,25-26H,9,14,17-20H2/t23-,25-,26-,30?/m0/s1. The number of hydrogen-bond donors (Lipinski definition) is 0. The first-order chi connectivity index (χ1) is 15.4. The molecule has 158 valence electrons. The smallest absolute Gasteiger partial charge is 0.128 e. The Kier molecular flexibility index (Phi) is 5.57. The van der Waals surface area contributed by atoms with Gasteiger partial charge in [-0.2, -0.15) is 0 Å². The van der Waals surface area contributed by atoms with Crippen LogP contribution in [0.15, 0.2) is 84.9 Å². The topological polar surface area (TPSA) is 12.5 Å². The van der Waals surface area contributed by atoms with Crippen molar-refractivity contribution in [3.63, 3.8) is 0 Å². The van der Waals surface area contributed by atoms with E-state index < -0.39 is 0 Å². The van der Waals surface area contributed by atoms with Gasteiger partial charge in [0.1, 0.15) is 5.75 Å². The molecule has 3 aromatic carbocycles. The minimum absolute atomic E-state index is 0.304. The summed E-state index contributed by atoms with van der Waals surface area (Å²) in [5.41, 5.74) is 5.10. The van der Waals surface area contributed by atoms with Crippen molar-refractivity contribution in [1.29, 1.82) is 0 Å². The number of rotatable bonds is 3. The molecule has 0 aliphatic carbocycles. The number of ether oxygens (including phenoxy) is 1. The van der Waals surface area contributed by atoms with Gasteiger partial charge < -0.3 is 4.74 Å². The van der Waals surface area contributed by atoms with Gasteiger partial charge in [-0.15, -0.1) is 0 Å². The summed E-state index contributed by atoms with van der Waals surface area (Å²) in [6.07, 6.45) is 5.22. The second-order valence-corrected chi connectivity index (χ2v) is 14.0. The third-order valence-electron chi connectivity index (χ3n) is 7.02. The van der Waals surface area contributed by atoms with Crippen LogP contribution in [0.2, 0.25) is 0 Å². The van der Waals surface area contributed by atoms with Crippen LogP contribution in [0.4, 0.5) is 0 Å². The van der Waals surface area contributed by atoms with Crippen molar-refractivity contribution in [3.8, 4) is 5.75 Å². The SMILES string of the molecule is c1ccc([C@@H]2CC[C@@H](c3ccccc3)P2N2CCC[C@H]3COc4ccccc4P32)cc1. The predicted molar refractivity (Wildman–Crippen MR) is 133 cm³/mol. The van der Waals surface area contributed by atoms with Gasteiger partial charge in [0.05, 0.1) is 6.61 Å². The van der Waals surface area contributed by atoms with Crippen LogP contribution >= 0.6 is 16.1 Å². The summed E-state index contributed by atoms with van der Waals surface area (Å²) >= 11 is 0. The monoisotopic (exact) mass is 445 g/mol. The summed E-state index contributed by atoms with van der Waals surface area (Å²) in [5.74, 6) is 1.14. The summed E-state index contributed by atoms with van der Waals surface area (Å²) < 4.78 is 9.25. The normalized spacial score (nSPS) is 28.5. The Balaban J connectivity index is 1.45. The van der Waals surface area contributed by atoms with Gasteiger partial charge in [0, 0.05) is 36.9 Å². The molecule has 0 aromatic heterocycles. The molecule has 6 rings (SSSR count). The molecule has 0 N–H and O–H groups in total. The third kappa shape index (κ3) is 3.64. The Labute approximate surface area is 188 Å². The van der Waals surface area contributed by atoms with E-state index in [0.29, 0.717) is 17.0 Å². The molecule has 31 heavy (non-hydrogen) atoms. The zero-order valence-corrected chi connectivity index (χ0v) is 19.6. The molecule has 4 atom stereocenters. The van der Waals surface area contributed by atoms with Crippen molar-refractivity contribution in [3.05, 3.63) is 96.1 Å². The summed E-state index contributed by atoms with van der Waals surface area (Å²) in [5, 5.41) is 1.49. The average molecular weight is 445 g/mol. The summed E-state index contributed by atoms with van der Waals surface area (Å²) in [6, 6.07) is 31.6. The highest BCUT2D eigenvalue weighted by atomic mass is 31.2. The van der Waals surface area contributed by atoms with Gasteiger partial charge in [-0.1, -0.05) is 72.8 Å². The van der Waals surface area contributed by atoms with Crippen molar-refractivity contribution < 1.29 is 4.74 Å². The highest BCUT2D eigenvalue weighted by Crippen LogP contribution is 2.78.